The molecule has 3 heterocycles. The summed E-state index contributed by atoms with van der Waals surface area (Å²) in [6.45, 7) is 12.7. The summed E-state index contributed by atoms with van der Waals surface area (Å²) in [5.41, 5.74) is 1.76. The highest BCUT2D eigenvalue weighted by atomic mass is 16.2. The second kappa shape index (κ2) is 9.19. The molecule has 0 radical (unpaired) electrons. The predicted octanol–water partition coefficient (Wildman–Crippen LogP) is 2.85. The third-order valence-corrected chi connectivity index (χ3v) is 5.44. The molecule has 28 heavy (non-hydrogen) atoms. The van der Waals surface area contributed by atoms with E-state index in [4.69, 9.17) is 0 Å². The molecule has 1 fully saturated rings. The highest BCUT2D eigenvalue weighted by molar-refractivity contribution is 5.94. The highest BCUT2D eigenvalue weighted by Gasteiger charge is 2.30. The average molecular weight is 385 g/mol. The van der Waals surface area contributed by atoms with Gasteiger partial charge in [0.2, 0.25) is 0 Å². The van der Waals surface area contributed by atoms with Crippen LogP contribution in [0.5, 0.6) is 0 Å². The van der Waals surface area contributed by atoms with E-state index < -0.39 is 0 Å². The quantitative estimate of drug-likeness (QED) is 0.795. The number of aryl methyl sites for hydroxylation is 1. The van der Waals surface area contributed by atoms with Crippen molar-refractivity contribution < 1.29 is 4.79 Å². The summed E-state index contributed by atoms with van der Waals surface area (Å²) in [5, 5.41) is 7.55. The van der Waals surface area contributed by atoms with E-state index >= 15 is 0 Å². The minimum absolute atomic E-state index is 0.0742. The third kappa shape index (κ3) is 4.70. The summed E-state index contributed by atoms with van der Waals surface area (Å²) in [7, 11) is 0. The zero-order valence-electron chi connectivity index (χ0n) is 17.4. The lowest BCUT2D eigenvalue weighted by atomic mass is 10.1. The zero-order valence-corrected chi connectivity index (χ0v) is 17.4. The normalized spacial score (nSPS) is 17.9. The molecule has 2 aromatic heterocycles. The van der Waals surface area contributed by atoms with Crippen LogP contribution in [0.25, 0.3) is 0 Å². The van der Waals surface area contributed by atoms with Crippen molar-refractivity contribution in [2.24, 2.45) is 0 Å². The number of carbonyl (C=O) groups excluding carboxylic acids is 1. The van der Waals surface area contributed by atoms with Crippen LogP contribution in [-0.4, -0.2) is 62.2 Å². The first-order valence-corrected chi connectivity index (χ1v) is 10.3. The number of pyridine rings is 1. The van der Waals surface area contributed by atoms with Gasteiger partial charge in [-0.2, -0.15) is 5.10 Å². The lowest BCUT2D eigenvalue weighted by Gasteiger charge is -2.43. The SMILES string of the molecule is CC[C@H]1CN(C(=O)c2ccc(NCc3cnn(CC)c3)nc2)CCN1C(C)C. The maximum absolute atomic E-state index is 12.9. The fraction of sp³-hybridized carbons (Fsp3) is 0.571. The van der Waals surface area contributed by atoms with Crippen LogP contribution in [0.15, 0.2) is 30.7 Å². The second-order valence-electron chi connectivity index (χ2n) is 7.63. The molecule has 0 unspecified atom stereocenters. The van der Waals surface area contributed by atoms with Crippen molar-refractivity contribution in [2.45, 2.75) is 59.3 Å². The molecule has 7 nitrogen and oxygen atoms in total. The van der Waals surface area contributed by atoms with Crippen LogP contribution in [0.2, 0.25) is 0 Å². The molecule has 152 valence electrons. The van der Waals surface area contributed by atoms with Gasteiger partial charge in [-0.05, 0) is 39.3 Å². The van der Waals surface area contributed by atoms with Gasteiger partial charge in [0.05, 0.1) is 11.8 Å². The van der Waals surface area contributed by atoms with E-state index in [1.165, 1.54) is 0 Å². The lowest BCUT2D eigenvalue weighted by Crippen LogP contribution is -2.56. The van der Waals surface area contributed by atoms with E-state index in [0.29, 0.717) is 24.2 Å². The molecule has 1 atom stereocenters. The summed E-state index contributed by atoms with van der Waals surface area (Å²) in [4.78, 5) is 21.8. The maximum atomic E-state index is 12.9. The molecule has 2 aromatic rings. The zero-order chi connectivity index (χ0) is 20.1. The Kier molecular flexibility index (Phi) is 6.67. The Morgan fingerprint density at radius 2 is 2.07 bits per heavy atom. The van der Waals surface area contributed by atoms with Crippen molar-refractivity contribution in [2.75, 3.05) is 25.0 Å². The van der Waals surface area contributed by atoms with Crippen LogP contribution < -0.4 is 5.32 Å². The second-order valence-corrected chi connectivity index (χ2v) is 7.63. The van der Waals surface area contributed by atoms with Gasteiger partial charge in [0.1, 0.15) is 5.82 Å². The Labute approximate surface area is 167 Å². The van der Waals surface area contributed by atoms with Crippen LogP contribution in [-0.2, 0) is 13.1 Å². The molecule has 0 saturated carbocycles. The smallest absolute Gasteiger partial charge is 0.255 e. The number of anilines is 1. The molecule has 1 amide bonds. The molecule has 0 aliphatic carbocycles. The van der Waals surface area contributed by atoms with E-state index in [1.807, 2.05) is 34.1 Å². The molecule has 1 saturated heterocycles. The van der Waals surface area contributed by atoms with Crippen LogP contribution in [0.3, 0.4) is 0 Å². The van der Waals surface area contributed by atoms with Crippen molar-refractivity contribution >= 4 is 11.7 Å². The number of rotatable bonds is 7. The van der Waals surface area contributed by atoms with E-state index in [0.717, 1.165) is 44.0 Å². The van der Waals surface area contributed by atoms with E-state index in [9.17, 15) is 4.79 Å². The summed E-state index contributed by atoms with van der Waals surface area (Å²) < 4.78 is 1.90. The number of aromatic nitrogens is 3. The van der Waals surface area contributed by atoms with Crippen molar-refractivity contribution in [1.82, 2.24) is 24.6 Å². The van der Waals surface area contributed by atoms with Gasteiger partial charge in [0.25, 0.3) is 5.91 Å². The highest BCUT2D eigenvalue weighted by Crippen LogP contribution is 2.18. The first-order valence-electron chi connectivity index (χ1n) is 10.3. The largest absolute Gasteiger partial charge is 0.366 e. The minimum Gasteiger partial charge on any atom is -0.366 e. The summed E-state index contributed by atoms with van der Waals surface area (Å²) in [5.74, 6) is 0.835. The van der Waals surface area contributed by atoms with Crippen LogP contribution in [0.1, 0.15) is 50.0 Å². The van der Waals surface area contributed by atoms with E-state index in [2.05, 4.69) is 48.0 Å². The van der Waals surface area contributed by atoms with Gasteiger partial charge >= 0.3 is 0 Å². The van der Waals surface area contributed by atoms with Gasteiger partial charge in [-0.1, -0.05) is 6.92 Å². The Morgan fingerprint density at radius 3 is 2.68 bits per heavy atom. The Balaban J connectivity index is 1.57. The van der Waals surface area contributed by atoms with Crippen LogP contribution >= 0.6 is 0 Å². The lowest BCUT2D eigenvalue weighted by molar-refractivity contribution is 0.0371. The van der Waals surface area contributed by atoms with Crippen molar-refractivity contribution in [3.05, 3.63) is 41.9 Å². The Bertz CT molecular complexity index is 769. The first-order chi connectivity index (χ1) is 13.5. The van der Waals surface area contributed by atoms with Crippen molar-refractivity contribution in [3.63, 3.8) is 0 Å². The van der Waals surface area contributed by atoms with Crippen LogP contribution in [0.4, 0.5) is 5.82 Å². The molecular formula is C21H32N6O. The number of carbonyl (C=O) groups is 1. The monoisotopic (exact) mass is 384 g/mol. The third-order valence-electron chi connectivity index (χ3n) is 5.44. The number of nitrogens with zero attached hydrogens (tertiary/aromatic N) is 5. The summed E-state index contributed by atoms with van der Waals surface area (Å²) in [6, 6.07) is 4.68. The van der Waals surface area contributed by atoms with Gasteiger partial charge in [-0.3, -0.25) is 14.4 Å². The molecule has 1 aliphatic rings. The van der Waals surface area contributed by atoms with E-state index in [1.54, 1.807) is 6.20 Å². The number of piperazine rings is 1. The Morgan fingerprint density at radius 1 is 1.25 bits per heavy atom. The Hall–Kier alpha value is -2.41. The summed E-state index contributed by atoms with van der Waals surface area (Å²) >= 11 is 0. The van der Waals surface area contributed by atoms with Gasteiger partial charge < -0.3 is 10.2 Å². The molecular weight excluding hydrogens is 352 g/mol. The number of nitrogens with one attached hydrogen (secondary N) is 1. The van der Waals surface area contributed by atoms with Gasteiger partial charge in [0.15, 0.2) is 0 Å². The molecule has 0 bridgehead atoms. The molecule has 7 heteroatoms. The van der Waals surface area contributed by atoms with Gasteiger partial charge in [-0.25, -0.2) is 4.98 Å². The molecule has 0 aromatic carbocycles. The number of amides is 1. The fourth-order valence-corrected chi connectivity index (χ4v) is 3.77. The topological polar surface area (TPSA) is 66.3 Å². The maximum Gasteiger partial charge on any atom is 0.255 e. The minimum atomic E-state index is 0.0742. The first kappa shape index (κ1) is 20.3. The van der Waals surface area contributed by atoms with Crippen molar-refractivity contribution in [3.8, 4) is 0 Å². The number of hydrogen-bond acceptors (Lipinski definition) is 5. The van der Waals surface area contributed by atoms with Crippen LogP contribution in [0, 0.1) is 0 Å². The molecule has 1 aliphatic heterocycles. The predicted molar refractivity (Wildman–Crippen MR) is 111 cm³/mol. The average Bonchev–Trinajstić information content (AvgIpc) is 3.19. The standard InChI is InChI=1S/C21H32N6O/c1-5-19-15-25(9-10-27(19)16(3)4)21(28)18-7-8-20(23-13-18)22-11-17-12-24-26(6-2)14-17/h7-8,12-14,16,19H,5-6,9-11,15H2,1-4H3,(H,22,23)/t19-/m0/s1. The molecule has 1 N–H and O–H groups in total. The van der Waals surface area contributed by atoms with Gasteiger partial charge in [-0.15, -0.1) is 0 Å². The molecule has 3 rings (SSSR count). The fourth-order valence-electron chi connectivity index (χ4n) is 3.77. The van der Waals surface area contributed by atoms with E-state index in [-0.39, 0.29) is 5.91 Å². The number of hydrogen-bond donors (Lipinski definition) is 1. The van der Waals surface area contributed by atoms with Crippen molar-refractivity contribution in [1.29, 1.82) is 0 Å². The summed E-state index contributed by atoms with van der Waals surface area (Å²) in [6.07, 6.45) is 6.61. The van der Waals surface area contributed by atoms with Gasteiger partial charge in [0, 0.05) is 62.8 Å². The molecule has 0 spiro atoms.